The van der Waals surface area contributed by atoms with E-state index in [9.17, 15) is 26.3 Å². The standard InChI is InChI=1S/C6H14N2.2C2HF3O2/c1-2-8-6-3-4-7-5-6;2*3-2(4,5)1(6)7/h6-8H,2-5H2,1H3;2*(H,6,7)/t6-;;/m1../s1. The molecular formula is C10H16F6N2O4. The minimum atomic E-state index is -5.08. The molecule has 0 unspecified atom stereocenters. The van der Waals surface area contributed by atoms with Crippen LogP contribution in [0.3, 0.4) is 0 Å². The molecule has 4 N–H and O–H groups in total. The molecule has 0 aromatic rings. The maximum atomic E-state index is 10.6. The van der Waals surface area contributed by atoms with Crippen LogP contribution in [0.2, 0.25) is 0 Å². The number of carbonyl (C=O) groups is 2. The molecule has 0 amide bonds. The maximum Gasteiger partial charge on any atom is 0.490 e. The number of hydrogen-bond donors (Lipinski definition) is 4. The van der Waals surface area contributed by atoms with Gasteiger partial charge < -0.3 is 20.8 Å². The number of hydrogen-bond acceptors (Lipinski definition) is 4. The monoisotopic (exact) mass is 342 g/mol. The van der Waals surface area contributed by atoms with E-state index in [0.29, 0.717) is 0 Å². The molecule has 1 saturated heterocycles. The van der Waals surface area contributed by atoms with Crippen molar-refractivity contribution in [1.29, 1.82) is 0 Å². The molecule has 1 atom stereocenters. The van der Waals surface area contributed by atoms with Crippen LogP contribution in [0.5, 0.6) is 0 Å². The molecule has 0 aliphatic carbocycles. The Hall–Kier alpha value is -1.56. The van der Waals surface area contributed by atoms with Gasteiger partial charge in [-0.15, -0.1) is 0 Å². The van der Waals surface area contributed by atoms with Crippen LogP contribution >= 0.6 is 0 Å². The zero-order valence-electron chi connectivity index (χ0n) is 11.4. The second-order valence-corrected chi connectivity index (χ2v) is 3.85. The van der Waals surface area contributed by atoms with Gasteiger partial charge in [0.15, 0.2) is 0 Å². The Balaban J connectivity index is 0. The van der Waals surface area contributed by atoms with Crippen molar-refractivity contribution in [3.63, 3.8) is 0 Å². The van der Waals surface area contributed by atoms with E-state index in [-0.39, 0.29) is 0 Å². The quantitative estimate of drug-likeness (QED) is 0.564. The molecule has 1 heterocycles. The molecule has 0 radical (unpaired) electrons. The Bertz CT molecular complexity index is 315. The van der Waals surface area contributed by atoms with Crippen molar-refractivity contribution in [3.8, 4) is 0 Å². The Morgan fingerprint density at radius 2 is 1.45 bits per heavy atom. The first kappa shape index (κ1) is 22.7. The van der Waals surface area contributed by atoms with Crippen LogP contribution in [0, 0.1) is 0 Å². The molecule has 12 heteroatoms. The first-order valence-corrected chi connectivity index (χ1v) is 5.86. The van der Waals surface area contributed by atoms with Gasteiger partial charge in [0, 0.05) is 12.6 Å². The van der Waals surface area contributed by atoms with Crippen LogP contribution in [0.25, 0.3) is 0 Å². The number of aliphatic carboxylic acids is 2. The fourth-order valence-corrected chi connectivity index (χ4v) is 1.12. The molecular weight excluding hydrogens is 326 g/mol. The maximum absolute atomic E-state index is 10.6. The van der Waals surface area contributed by atoms with Crippen molar-refractivity contribution in [1.82, 2.24) is 10.6 Å². The summed E-state index contributed by atoms with van der Waals surface area (Å²) in [4.78, 5) is 17.8. The lowest BCUT2D eigenvalue weighted by Crippen LogP contribution is -2.30. The third kappa shape index (κ3) is 13.4. The van der Waals surface area contributed by atoms with Crippen molar-refractivity contribution in [2.75, 3.05) is 19.6 Å². The molecule has 1 aliphatic heterocycles. The van der Waals surface area contributed by atoms with Crippen molar-refractivity contribution in [3.05, 3.63) is 0 Å². The number of halogens is 6. The van der Waals surface area contributed by atoms with E-state index in [1.807, 2.05) is 0 Å². The fourth-order valence-electron chi connectivity index (χ4n) is 1.12. The zero-order valence-corrected chi connectivity index (χ0v) is 11.4. The lowest BCUT2D eigenvalue weighted by molar-refractivity contribution is -0.193. The van der Waals surface area contributed by atoms with Crippen LogP contribution in [0.1, 0.15) is 13.3 Å². The summed E-state index contributed by atoms with van der Waals surface area (Å²) in [5, 5.41) is 20.9. The van der Waals surface area contributed by atoms with E-state index in [2.05, 4.69) is 17.6 Å². The second kappa shape index (κ2) is 10.2. The highest BCUT2D eigenvalue weighted by atomic mass is 19.4. The third-order valence-corrected chi connectivity index (χ3v) is 2.04. The Kier molecular flexibility index (Phi) is 10.5. The van der Waals surface area contributed by atoms with Crippen LogP contribution in [-0.4, -0.2) is 60.2 Å². The highest BCUT2D eigenvalue weighted by molar-refractivity contribution is 5.73. The van der Waals surface area contributed by atoms with Gasteiger partial charge in [-0.25, -0.2) is 9.59 Å². The SMILES string of the molecule is CCN[C@@H]1CCNC1.O=C(O)C(F)(F)F.O=C(O)C(F)(F)F. The number of likely N-dealkylation sites (N-methyl/N-ethyl adjacent to an activating group) is 1. The Morgan fingerprint density at radius 1 is 1.09 bits per heavy atom. The number of rotatable bonds is 2. The van der Waals surface area contributed by atoms with E-state index >= 15 is 0 Å². The Morgan fingerprint density at radius 3 is 1.64 bits per heavy atom. The van der Waals surface area contributed by atoms with Crippen LogP contribution in [0.15, 0.2) is 0 Å². The highest BCUT2D eigenvalue weighted by Crippen LogP contribution is 2.13. The third-order valence-electron chi connectivity index (χ3n) is 2.04. The average Bonchev–Trinajstić information content (AvgIpc) is 2.81. The molecule has 0 saturated carbocycles. The second-order valence-electron chi connectivity index (χ2n) is 3.85. The molecule has 22 heavy (non-hydrogen) atoms. The minimum absolute atomic E-state index is 0.750. The number of alkyl halides is 6. The molecule has 0 bridgehead atoms. The number of nitrogens with one attached hydrogen (secondary N) is 2. The number of carboxylic acids is 2. The topological polar surface area (TPSA) is 98.7 Å². The van der Waals surface area contributed by atoms with E-state index < -0.39 is 24.3 Å². The summed E-state index contributed by atoms with van der Waals surface area (Å²) < 4.78 is 63.5. The van der Waals surface area contributed by atoms with Gasteiger partial charge in [-0.1, -0.05) is 6.92 Å². The molecule has 1 aliphatic rings. The van der Waals surface area contributed by atoms with Gasteiger partial charge in [0.05, 0.1) is 0 Å². The van der Waals surface area contributed by atoms with Crippen molar-refractivity contribution in [2.45, 2.75) is 31.7 Å². The van der Waals surface area contributed by atoms with Crippen LogP contribution in [0.4, 0.5) is 26.3 Å². The molecule has 0 spiro atoms. The van der Waals surface area contributed by atoms with Crippen molar-refractivity contribution < 1.29 is 46.1 Å². The first-order chi connectivity index (χ1) is 9.82. The van der Waals surface area contributed by atoms with Gasteiger partial charge in [-0.2, -0.15) is 26.3 Å². The lowest BCUT2D eigenvalue weighted by Gasteiger charge is -2.06. The molecule has 0 aromatic carbocycles. The summed E-state index contributed by atoms with van der Waals surface area (Å²) in [6, 6.07) is 0.750. The predicted octanol–water partition coefficient (Wildman–Crippen LogP) is 1.22. The van der Waals surface area contributed by atoms with Crippen molar-refractivity contribution in [2.24, 2.45) is 0 Å². The average molecular weight is 342 g/mol. The van der Waals surface area contributed by atoms with Gasteiger partial charge in [0.1, 0.15) is 0 Å². The normalized spacial score (nSPS) is 17.7. The van der Waals surface area contributed by atoms with E-state index in [1.165, 1.54) is 13.0 Å². The molecule has 1 rings (SSSR count). The molecule has 6 nitrogen and oxygen atoms in total. The van der Waals surface area contributed by atoms with Gasteiger partial charge in [-0.3, -0.25) is 0 Å². The Labute approximate surface area is 121 Å². The smallest absolute Gasteiger partial charge is 0.475 e. The summed E-state index contributed by atoms with van der Waals surface area (Å²) in [7, 11) is 0. The summed E-state index contributed by atoms with van der Waals surface area (Å²) in [6.07, 6.45) is -8.87. The van der Waals surface area contributed by atoms with E-state index in [0.717, 1.165) is 19.1 Å². The first-order valence-electron chi connectivity index (χ1n) is 5.86. The van der Waals surface area contributed by atoms with Crippen molar-refractivity contribution >= 4 is 11.9 Å². The zero-order chi connectivity index (χ0) is 18.0. The minimum Gasteiger partial charge on any atom is -0.475 e. The highest BCUT2D eigenvalue weighted by Gasteiger charge is 2.38. The fraction of sp³-hybridized carbons (Fsp3) is 0.800. The van der Waals surface area contributed by atoms with E-state index in [4.69, 9.17) is 19.8 Å². The lowest BCUT2D eigenvalue weighted by atomic mass is 10.3. The van der Waals surface area contributed by atoms with Gasteiger partial charge in [-0.05, 0) is 19.5 Å². The predicted molar refractivity (Wildman–Crippen MR) is 62.3 cm³/mol. The molecule has 0 aromatic heterocycles. The van der Waals surface area contributed by atoms with E-state index in [1.54, 1.807) is 0 Å². The molecule has 132 valence electrons. The van der Waals surface area contributed by atoms with Gasteiger partial charge >= 0.3 is 24.3 Å². The number of carboxylic acid groups (broad SMARTS) is 2. The summed E-state index contributed by atoms with van der Waals surface area (Å²) in [6.45, 7) is 5.61. The summed E-state index contributed by atoms with van der Waals surface area (Å²) in [5.74, 6) is -5.51. The summed E-state index contributed by atoms with van der Waals surface area (Å²) >= 11 is 0. The largest absolute Gasteiger partial charge is 0.490 e. The van der Waals surface area contributed by atoms with Crippen LogP contribution < -0.4 is 10.6 Å². The van der Waals surface area contributed by atoms with Crippen LogP contribution in [-0.2, 0) is 9.59 Å². The summed E-state index contributed by atoms with van der Waals surface area (Å²) in [5.41, 5.74) is 0. The van der Waals surface area contributed by atoms with Gasteiger partial charge in [0.25, 0.3) is 0 Å². The molecule has 1 fully saturated rings. The van der Waals surface area contributed by atoms with Gasteiger partial charge in [0.2, 0.25) is 0 Å².